The van der Waals surface area contributed by atoms with Gasteiger partial charge in [-0.05, 0) is 37.6 Å². The number of aromatic nitrogens is 1. The Morgan fingerprint density at radius 3 is 3.08 bits per heavy atom. The van der Waals surface area contributed by atoms with Gasteiger partial charge in [0.2, 0.25) is 12.7 Å². The van der Waals surface area contributed by atoms with Crippen LogP contribution in [-0.2, 0) is 4.79 Å². The van der Waals surface area contributed by atoms with Crippen LogP contribution in [0.3, 0.4) is 0 Å². The number of hydrogen-bond donors (Lipinski definition) is 2. The van der Waals surface area contributed by atoms with Gasteiger partial charge in [0, 0.05) is 23.4 Å². The standard InChI is InChI=1S/C16H17N3O3S.ClH/c20-15(7-11-2-1-5-17-11)19-16-18-12(8-23-16)10-3-4-13-14(6-10)22-9-21-13;/h3-4,6,8,11,17H,1-2,5,7,9H2,(H,18,19,20);1H. The molecular weight excluding hydrogens is 350 g/mol. The number of hydrogen-bond acceptors (Lipinski definition) is 6. The van der Waals surface area contributed by atoms with E-state index in [9.17, 15) is 4.79 Å². The van der Waals surface area contributed by atoms with Gasteiger partial charge in [0.1, 0.15) is 0 Å². The fourth-order valence-electron chi connectivity index (χ4n) is 2.84. The van der Waals surface area contributed by atoms with E-state index >= 15 is 0 Å². The predicted octanol–water partition coefficient (Wildman–Crippen LogP) is 3.04. The first-order valence-corrected chi connectivity index (χ1v) is 8.55. The van der Waals surface area contributed by atoms with Crippen LogP contribution in [0.2, 0.25) is 0 Å². The quantitative estimate of drug-likeness (QED) is 0.869. The van der Waals surface area contributed by atoms with Crippen LogP contribution in [0, 0.1) is 0 Å². The summed E-state index contributed by atoms with van der Waals surface area (Å²) in [4.78, 5) is 16.5. The number of nitrogens with zero attached hydrogens (tertiary/aromatic N) is 1. The molecule has 0 saturated carbocycles. The fourth-order valence-corrected chi connectivity index (χ4v) is 3.58. The number of nitrogens with one attached hydrogen (secondary N) is 2. The van der Waals surface area contributed by atoms with Crippen molar-refractivity contribution in [3.8, 4) is 22.8 Å². The molecule has 1 aromatic heterocycles. The monoisotopic (exact) mass is 367 g/mol. The molecule has 1 aromatic carbocycles. The van der Waals surface area contributed by atoms with E-state index in [-0.39, 0.29) is 25.1 Å². The molecule has 1 fully saturated rings. The van der Waals surface area contributed by atoms with Crippen molar-refractivity contribution in [1.29, 1.82) is 0 Å². The molecule has 8 heteroatoms. The minimum Gasteiger partial charge on any atom is -0.454 e. The van der Waals surface area contributed by atoms with Gasteiger partial charge in [0.05, 0.1) is 5.69 Å². The van der Waals surface area contributed by atoms with Crippen molar-refractivity contribution >= 4 is 34.8 Å². The summed E-state index contributed by atoms with van der Waals surface area (Å²) in [6, 6.07) is 6.02. The Morgan fingerprint density at radius 1 is 1.38 bits per heavy atom. The van der Waals surface area contributed by atoms with E-state index in [2.05, 4.69) is 15.6 Å². The van der Waals surface area contributed by atoms with Crippen molar-refractivity contribution in [3.63, 3.8) is 0 Å². The maximum atomic E-state index is 12.0. The molecule has 2 aliphatic rings. The minimum atomic E-state index is 0. The zero-order chi connectivity index (χ0) is 15.6. The lowest BCUT2D eigenvalue weighted by atomic mass is 10.1. The first-order chi connectivity index (χ1) is 11.3. The molecule has 2 aliphatic heterocycles. The number of carbonyl (C=O) groups excluding carboxylic acids is 1. The van der Waals surface area contributed by atoms with Crippen LogP contribution in [0.1, 0.15) is 19.3 Å². The number of thiazole rings is 1. The summed E-state index contributed by atoms with van der Waals surface area (Å²) >= 11 is 1.43. The van der Waals surface area contributed by atoms with Gasteiger partial charge in [0.15, 0.2) is 16.6 Å². The van der Waals surface area contributed by atoms with Crippen LogP contribution in [0.4, 0.5) is 5.13 Å². The van der Waals surface area contributed by atoms with Crippen LogP contribution < -0.4 is 20.1 Å². The van der Waals surface area contributed by atoms with Crippen molar-refractivity contribution < 1.29 is 14.3 Å². The molecule has 1 saturated heterocycles. The van der Waals surface area contributed by atoms with Crippen molar-refractivity contribution in [2.24, 2.45) is 0 Å². The van der Waals surface area contributed by atoms with E-state index in [1.807, 2.05) is 23.6 Å². The first-order valence-electron chi connectivity index (χ1n) is 7.67. The summed E-state index contributed by atoms with van der Waals surface area (Å²) in [7, 11) is 0. The highest BCUT2D eigenvalue weighted by molar-refractivity contribution is 7.14. The molecule has 0 aliphatic carbocycles. The number of anilines is 1. The van der Waals surface area contributed by atoms with Crippen molar-refractivity contribution in [2.45, 2.75) is 25.3 Å². The topological polar surface area (TPSA) is 72.5 Å². The number of fused-ring (bicyclic) bond motifs is 1. The number of ether oxygens (including phenoxy) is 2. The van der Waals surface area contributed by atoms with Crippen LogP contribution in [-0.4, -0.2) is 30.3 Å². The van der Waals surface area contributed by atoms with Gasteiger partial charge in [-0.1, -0.05) is 0 Å². The summed E-state index contributed by atoms with van der Waals surface area (Å²) in [5, 5.41) is 8.77. The Bertz CT molecular complexity index is 731. The molecule has 3 heterocycles. The SMILES string of the molecule is Cl.O=C(CC1CCCN1)Nc1nc(-c2ccc3c(c2)OCO3)cs1. The molecule has 1 atom stereocenters. The van der Waals surface area contributed by atoms with Gasteiger partial charge in [-0.15, -0.1) is 23.7 Å². The summed E-state index contributed by atoms with van der Waals surface area (Å²) in [6.45, 7) is 1.26. The second-order valence-electron chi connectivity index (χ2n) is 5.65. The molecule has 6 nitrogen and oxygen atoms in total. The fraction of sp³-hybridized carbons (Fsp3) is 0.375. The van der Waals surface area contributed by atoms with Gasteiger partial charge < -0.3 is 20.1 Å². The average Bonchev–Trinajstić information content (AvgIpc) is 3.27. The third kappa shape index (κ3) is 3.63. The second-order valence-corrected chi connectivity index (χ2v) is 6.51. The number of halogens is 1. The molecule has 24 heavy (non-hydrogen) atoms. The summed E-state index contributed by atoms with van der Waals surface area (Å²) < 4.78 is 10.7. The van der Waals surface area contributed by atoms with E-state index in [0.29, 0.717) is 17.6 Å². The van der Waals surface area contributed by atoms with E-state index in [0.717, 1.165) is 42.1 Å². The normalized spacial score (nSPS) is 18.2. The third-order valence-electron chi connectivity index (χ3n) is 4.01. The average molecular weight is 368 g/mol. The Kier molecular flexibility index (Phi) is 5.23. The molecule has 0 radical (unpaired) electrons. The highest BCUT2D eigenvalue weighted by Gasteiger charge is 2.19. The van der Waals surface area contributed by atoms with Crippen LogP contribution >= 0.6 is 23.7 Å². The molecular formula is C16H18ClN3O3S. The number of rotatable bonds is 4. The number of carbonyl (C=O) groups is 1. The largest absolute Gasteiger partial charge is 0.454 e. The summed E-state index contributed by atoms with van der Waals surface area (Å²) in [5.74, 6) is 1.49. The number of benzene rings is 1. The Balaban J connectivity index is 0.00000169. The molecule has 0 bridgehead atoms. The van der Waals surface area contributed by atoms with Crippen molar-refractivity contribution in [3.05, 3.63) is 23.6 Å². The molecule has 1 unspecified atom stereocenters. The van der Waals surface area contributed by atoms with E-state index in [4.69, 9.17) is 9.47 Å². The first kappa shape index (κ1) is 17.0. The molecule has 2 aromatic rings. The maximum Gasteiger partial charge on any atom is 0.231 e. The molecule has 1 amide bonds. The van der Waals surface area contributed by atoms with Crippen LogP contribution in [0.15, 0.2) is 23.6 Å². The summed E-state index contributed by atoms with van der Waals surface area (Å²) in [6.07, 6.45) is 2.70. The Labute approximate surface area is 150 Å². The molecule has 2 N–H and O–H groups in total. The maximum absolute atomic E-state index is 12.0. The van der Waals surface area contributed by atoms with Crippen molar-refractivity contribution in [1.82, 2.24) is 10.3 Å². The lowest BCUT2D eigenvalue weighted by molar-refractivity contribution is -0.116. The highest BCUT2D eigenvalue weighted by Crippen LogP contribution is 2.36. The second kappa shape index (κ2) is 7.38. The highest BCUT2D eigenvalue weighted by atomic mass is 35.5. The predicted molar refractivity (Wildman–Crippen MR) is 95.2 cm³/mol. The summed E-state index contributed by atoms with van der Waals surface area (Å²) in [5.41, 5.74) is 1.77. The van der Waals surface area contributed by atoms with Gasteiger partial charge in [-0.3, -0.25) is 4.79 Å². The Hall–Kier alpha value is -1.83. The smallest absolute Gasteiger partial charge is 0.231 e. The third-order valence-corrected chi connectivity index (χ3v) is 4.77. The van der Waals surface area contributed by atoms with Gasteiger partial charge >= 0.3 is 0 Å². The van der Waals surface area contributed by atoms with Crippen LogP contribution in [0.25, 0.3) is 11.3 Å². The molecule has 4 rings (SSSR count). The van der Waals surface area contributed by atoms with E-state index < -0.39 is 0 Å². The van der Waals surface area contributed by atoms with Crippen molar-refractivity contribution in [2.75, 3.05) is 18.7 Å². The zero-order valence-electron chi connectivity index (χ0n) is 12.9. The van der Waals surface area contributed by atoms with E-state index in [1.54, 1.807) is 0 Å². The lowest BCUT2D eigenvalue weighted by Crippen LogP contribution is -2.27. The molecule has 0 spiro atoms. The lowest BCUT2D eigenvalue weighted by Gasteiger charge is -2.08. The Morgan fingerprint density at radius 2 is 2.25 bits per heavy atom. The molecule has 128 valence electrons. The van der Waals surface area contributed by atoms with Gasteiger partial charge in [0.25, 0.3) is 0 Å². The van der Waals surface area contributed by atoms with Gasteiger partial charge in [-0.2, -0.15) is 0 Å². The van der Waals surface area contributed by atoms with Crippen LogP contribution in [0.5, 0.6) is 11.5 Å². The minimum absolute atomic E-state index is 0. The number of amides is 1. The zero-order valence-corrected chi connectivity index (χ0v) is 14.5. The van der Waals surface area contributed by atoms with E-state index in [1.165, 1.54) is 11.3 Å². The van der Waals surface area contributed by atoms with Gasteiger partial charge in [-0.25, -0.2) is 4.98 Å².